The average molecular weight is 377 g/mol. The van der Waals surface area contributed by atoms with E-state index in [1.165, 1.54) is 11.1 Å². The summed E-state index contributed by atoms with van der Waals surface area (Å²) in [4.78, 5) is 24.7. The van der Waals surface area contributed by atoms with Gasteiger partial charge in [0.15, 0.2) is 0 Å². The van der Waals surface area contributed by atoms with Crippen LogP contribution in [0.5, 0.6) is 0 Å². The number of likely N-dealkylation sites (N-methyl/N-ethyl adjacent to an activating group) is 1. The van der Waals surface area contributed by atoms with Gasteiger partial charge in [0.1, 0.15) is 6.04 Å². The fourth-order valence-electron chi connectivity index (χ4n) is 3.81. The van der Waals surface area contributed by atoms with Crippen molar-refractivity contribution in [2.45, 2.75) is 26.3 Å². The molecule has 2 aromatic carbocycles. The fourth-order valence-corrected chi connectivity index (χ4v) is 3.81. The van der Waals surface area contributed by atoms with Crippen molar-refractivity contribution in [2.75, 3.05) is 38.1 Å². The number of guanidine groups is 1. The summed E-state index contributed by atoms with van der Waals surface area (Å²) in [6.07, 6.45) is 0.637. The van der Waals surface area contributed by atoms with Crippen LogP contribution in [0.4, 0.5) is 5.69 Å². The van der Waals surface area contributed by atoms with E-state index in [0.29, 0.717) is 6.42 Å². The number of hydrogen-bond acceptors (Lipinski definition) is 4. The van der Waals surface area contributed by atoms with Gasteiger partial charge in [-0.3, -0.25) is 4.79 Å². The van der Waals surface area contributed by atoms with Crippen molar-refractivity contribution in [3.05, 3.63) is 65.2 Å². The third kappa shape index (κ3) is 3.67. The number of nitrogens with zero attached hydrogens (tertiary/aromatic N) is 4. The molecule has 2 aliphatic rings. The topological polar surface area (TPSA) is 39.2 Å². The molecular weight excluding hydrogens is 348 g/mol. The van der Waals surface area contributed by atoms with Gasteiger partial charge in [-0.25, -0.2) is 9.89 Å². The molecule has 4 rings (SSSR count). The Balaban J connectivity index is 1.67. The predicted octanol–water partition coefficient (Wildman–Crippen LogP) is 2.86. The summed E-state index contributed by atoms with van der Waals surface area (Å²) >= 11 is 0. The van der Waals surface area contributed by atoms with E-state index in [-0.39, 0.29) is 11.9 Å². The molecule has 1 fully saturated rings. The van der Waals surface area contributed by atoms with Crippen LogP contribution in [0.2, 0.25) is 0 Å². The standard InChI is InChI=1S/C23H28N4O/c1-17-9-10-20(15-18(17)2)27-22(28)21(16-19-7-5-4-6-8-19)24-23(27)26-13-11-25(3)12-14-26/h4-10,15,21H,11-14,16H2,1-3H3. The van der Waals surface area contributed by atoms with E-state index in [2.05, 4.69) is 55.0 Å². The number of benzene rings is 2. The van der Waals surface area contributed by atoms with E-state index in [1.54, 1.807) is 0 Å². The number of rotatable bonds is 3. The van der Waals surface area contributed by atoms with Gasteiger partial charge in [0.25, 0.3) is 5.91 Å². The molecule has 1 amide bonds. The summed E-state index contributed by atoms with van der Waals surface area (Å²) in [6, 6.07) is 16.0. The van der Waals surface area contributed by atoms with Crippen LogP contribution in [0.1, 0.15) is 16.7 Å². The van der Waals surface area contributed by atoms with Gasteiger partial charge in [0, 0.05) is 32.6 Å². The maximum absolute atomic E-state index is 13.4. The minimum absolute atomic E-state index is 0.0704. The maximum Gasteiger partial charge on any atom is 0.259 e. The number of carbonyl (C=O) groups excluding carboxylic acids is 1. The third-order valence-electron chi connectivity index (χ3n) is 5.78. The Hall–Kier alpha value is -2.66. The summed E-state index contributed by atoms with van der Waals surface area (Å²) < 4.78 is 0. The minimum Gasteiger partial charge on any atom is -0.340 e. The molecule has 5 heteroatoms. The highest BCUT2D eigenvalue weighted by Gasteiger charge is 2.39. The van der Waals surface area contributed by atoms with E-state index in [4.69, 9.17) is 4.99 Å². The van der Waals surface area contributed by atoms with Gasteiger partial charge in [-0.1, -0.05) is 36.4 Å². The van der Waals surface area contributed by atoms with Crippen LogP contribution in [0.15, 0.2) is 53.5 Å². The summed E-state index contributed by atoms with van der Waals surface area (Å²) in [5.74, 6) is 0.878. The molecule has 0 radical (unpaired) electrons. The molecule has 28 heavy (non-hydrogen) atoms. The number of piperazine rings is 1. The highest BCUT2D eigenvalue weighted by molar-refractivity contribution is 6.22. The Labute approximate surface area is 167 Å². The van der Waals surface area contributed by atoms with Crippen molar-refractivity contribution in [1.82, 2.24) is 9.80 Å². The third-order valence-corrected chi connectivity index (χ3v) is 5.78. The van der Waals surface area contributed by atoms with Crippen LogP contribution in [0.3, 0.4) is 0 Å². The van der Waals surface area contributed by atoms with E-state index >= 15 is 0 Å². The van der Waals surface area contributed by atoms with Crippen LogP contribution in [-0.2, 0) is 11.2 Å². The van der Waals surface area contributed by atoms with E-state index < -0.39 is 0 Å². The van der Waals surface area contributed by atoms with Crippen LogP contribution >= 0.6 is 0 Å². The van der Waals surface area contributed by atoms with E-state index in [0.717, 1.165) is 43.4 Å². The van der Waals surface area contributed by atoms with Crippen LogP contribution in [0.25, 0.3) is 0 Å². The monoisotopic (exact) mass is 376 g/mol. The summed E-state index contributed by atoms with van der Waals surface area (Å²) in [7, 11) is 2.14. The molecule has 1 atom stereocenters. The molecule has 146 valence electrons. The normalized spacial score (nSPS) is 20.6. The van der Waals surface area contributed by atoms with Crippen LogP contribution in [0, 0.1) is 13.8 Å². The maximum atomic E-state index is 13.4. The number of amides is 1. The Kier molecular flexibility index (Phi) is 5.18. The molecule has 0 spiro atoms. The zero-order chi connectivity index (χ0) is 19.7. The number of hydrogen-bond donors (Lipinski definition) is 0. The molecular formula is C23H28N4O. The number of aliphatic imine (C=N–C) groups is 1. The van der Waals surface area contributed by atoms with Gasteiger partial charge >= 0.3 is 0 Å². The zero-order valence-corrected chi connectivity index (χ0v) is 16.9. The first-order valence-corrected chi connectivity index (χ1v) is 9.99. The van der Waals surface area contributed by atoms with Gasteiger partial charge in [-0.15, -0.1) is 0 Å². The molecule has 2 aliphatic heterocycles. The Morgan fingerprint density at radius 3 is 2.36 bits per heavy atom. The molecule has 0 saturated carbocycles. The smallest absolute Gasteiger partial charge is 0.259 e. The lowest BCUT2D eigenvalue weighted by Gasteiger charge is -2.36. The van der Waals surface area contributed by atoms with Crippen LogP contribution in [-0.4, -0.2) is 60.9 Å². The number of anilines is 1. The molecule has 0 aromatic heterocycles. The van der Waals surface area contributed by atoms with Crippen molar-refractivity contribution in [1.29, 1.82) is 0 Å². The van der Waals surface area contributed by atoms with Gasteiger partial charge < -0.3 is 9.80 Å². The molecule has 2 heterocycles. The molecule has 1 saturated heterocycles. The van der Waals surface area contributed by atoms with Gasteiger partial charge in [0.2, 0.25) is 5.96 Å². The van der Waals surface area contributed by atoms with Crippen molar-refractivity contribution < 1.29 is 4.79 Å². The fraction of sp³-hybridized carbons (Fsp3) is 0.391. The van der Waals surface area contributed by atoms with Crippen molar-refractivity contribution in [3.8, 4) is 0 Å². The molecule has 0 bridgehead atoms. The lowest BCUT2D eigenvalue weighted by atomic mass is 10.1. The summed E-state index contributed by atoms with van der Waals surface area (Å²) in [5, 5.41) is 0. The van der Waals surface area contributed by atoms with Crippen LogP contribution < -0.4 is 4.90 Å². The summed E-state index contributed by atoms with van der Waals surface area (Å²) in [5.41, 5.74) is 4.48. The van der Waals surface area contributed by atoms with Crippen molar-refractivity contribution in [3.63, 3.8) is 0 Å². The van der Waals surface area contributed by atoms with Crippen molar-refractivity contribution >= 4 is 17.6 Å². The Morgan fingerprint density at radius 1 is 0.964 bits per heavy atom. The number of carbonyl (C=O) groups is 1. The molecule has 0 N–H and O–H groups in total. The first-order chi connectivity index (χ1) is 13.5. The molecule has 5 nitrogen and oxygen atoms in total. The molecule has 1 unspecified atom stereocenters. The average Bonchev–Trinajstić information content (AvgIpc) is 3.02. The van der Waals surface area contributed by atoms with E-state index in [1.807, 2.05) is 29.2 Å². The van der Waals surface area contributed by atoms with Crippen molar-refractivity contribution in [2.24, 2.45) is 4.99 Å². The molecule has 2 aromatic rings. The van der Waals surface area contributed by atoms with Gasteiger partial charge in [-0.05, 0) is 49.7 Å². The van der Waals surface area contributed by atoms with Gasteiger partial charge in [-0.2, -0.15) is 0 Å². The minimum atomic E-state index is -0.362. The first kappa shape index (κ1) is 18.7. The Morgan fingerprint density at radius 2 is 1.68 bits per heavy atom. The lowest BCUT2D eigenvalue weighted by Crippen LogP contribution is -2.52. The largest absolute Gasteiger partial charge is 0.340 e. The number of aryl methyl sites for hydroxylation is 2. The summed E-state index contributed by atoms with van der Waals surface area (Å²) in [6.45, 7) is 7.94. The van der Waals surface area contributed by atoms with E-state index in [9.17, 15) is 4.79 Å². The Bertz CT molecular complexity index is 885. The van der Waals surface area contributed by atoms with Gasteiger partial charge in [0.05, 0.1) is 5.69 Å². The SMILES string of the molecule is Cc1ccc(N2C(=O)C(Cc3ccccc3)N=C2N2CCN(C)CC2)cc1C. The molecule has 0 aliphatic carbocycles. The first-order valence-electron chi connectivity index (χ1n) is 9.99. The second-order valence-corrected chi connectivity index (χ2v) is 7.87. The quantitative estimate of drug-likeness (QED) is 0.827. The lowest BCUT2D eigenvalue weighted by molar-refractivity contribution is -0.118. The highest BCUT2D eigenvalue weighted by atomic mass is 16.2. The zero-order valence-electron chi connectivity index (χ0n) is 16.9. The second-order valence-electron chi connectivity index (χ2n) is 7.87. The predicted molar refractivity (Wildman–Crippen MR) is 114 cm³/mol. The second kappa shape index (κ2) is 7.76. The highest BCUT2D eigenvalue weighted by Crippen LogP contribution is 2.27.